The van der Waals surface area contributed by atoms with E-state index in [1.54, 1.807) is 30.3 Å². The van der Waals surface area contributed by atoms with E-state index in [1.165, 1.54) is 12.3 Å². The van der Waals surface area contributed by atoms with Crippen LogP contribution in [0.3, 0.4) is 0 Å². The second-order valence-corrected chi connectivity index (χ2v) is 6.45. The summed E-state index contributed by atoms with van der Waals surface area (Å²) in [6.45, 7) is 0.548. The molecule has 3 N–H and O–H groups in total. The predicted octanol–water partition coefficient (Wildman–Crippen LogP) is 1.66. The Kier molecular flexibility index (Phi) is 3.52. The largest absolute Gasteiger partial charge is 0.493 e. The van der Waals surface area contributed by atoms with Crippen LogP contribution in [0.1, 0.15) is 18.0 Å². The van der Waals surface area contributed by atoms with Crippen LogP contribution < -0.4 is 15.2 Å². The van der Waals surface area contributed by atoms with E-state index >= 15 is 0 Å². The van der Waals surface area contributed by atoms with Gasteiger partial charge in [0.15, 0.2) is 0 Å². The molecule has 110 valence electrons. The van der Waals surface area contributed by atoms with Crippen LogP contribution in [-0.2, 0) is 10.0 Å². The van der Waals surface area contributed by atoms with Gasteiger partial charge in [0.1, 0.15) is 11.6 Å². The highest BCUT2D eigenvalue weighted by atomic mass is 32.2. The van der Waals surface area contributed by atoms with Crippen molar-refractivity contribution in [1.82, 2.24) is 4.98 Å². The molecule has 0 spiro atoms. The van der Waals surface area contributed by atoms with Crippen LogP contribution >= 0.6 is 0 Å². The van der Waals surface area contributed by atoms with E-state index in [4.69, 9.17) is 10.5 Å². The molecule has 21 heavy (non-hydrogen) atoms. The molecule has 2 heterocycles. The number of pyridine rings is 1. The van der Waals surface area contributed by atoms with Crippen LogP contribution in [0.15, 0.2) is 47.5 Å². The summed E-state index contributed by atoms with van der Waals surface area (Å²) < 4.78 is 32.6. The fourth-order valence-corrected chi connectivity index (χ4v) is 3.23. The standard InChI is InChI=1S/C14H15N3O3S/c15-12-6-8-20-13-5-4-10(9-11(12)13)21(18,19)17-14-3-1-2-7-16-14/h1-5,7,9,12H,6,8,15H2,(H,16,17). The number of nitrogens with one attached hydrogen (secondary N) is 1. The fourth-order valence-electron chi connectivity index (χ4n) is 2.19. The summed E-state index contributed by atoms with van der Waals surface area (Å²) in [6.07, 6.45) is 2.19. The maximum absolute atomic E-state index is 12.4. The molecule has 0 aliphatic carbocycles. The molecule has 0 radical (unpaired) electrons. The molecule has 7 heteroatoms. The molecule has 1 aromatic heterocycles. The molecule has 0 saturated carbocycles. The second kappa shape index (κ2) is 5.34. The van der Waals surface area contributed by atoms with Crippen molar-refractivity contribution in [2.75, 3.05) is 11.3 Å². The fraction of sp³-hybridized carbons (Fsp3) is 0.214. The Morgan fingerprint density at radius 2 is 2.14 bits per heavy atom. The quantitative estimate of drug-likeness (QED) is 0.899. The van der Waals surface area contributed by atoms with Crippen molar-refractivity contribution in [1.29, 1.82) is 0 Å². The first-order chi connectivity index (χ1) is 10.1. The molecule has 1 atom stereocenters. The summed E-state index contributed by atoms with van der Waals surface area (Å²) in [6, 6.07) is 9.51. The molecule has 1 aliphatic heterocycles. The first-order valence-electron chi connectivity index (χ1n) is 6.52. The van der Waals surface area contributed by atoms with Crippen LogP contribution in [0, 0.1) is 0 Å². The molecule has 1 aromatic carbocycles. The number of nitrogens with two attached hydrogens (primary N) is 1. The van der Waals surface area contributed by atoms with Crippen molar-refractivity contribution in [2.24, 2.45) is 5.73 Å². The lowest BCUT2D eigenvalue weighted by atomic mass is 10.0. The molecule has 0 fully saturated rings. The van der Waals surface area contributed by atoms with Crippen molar-refractivity contribution in [3.05, 3.63) is 48.2 Å². The molecule has 3 rings (SSSR count). The Balaban J connectivity index is 1.94. The van der Waals surface area contributed by atoms with E-state index < -0.39 is 10.0 Å². The number of fused-ring (bicyclic) bond motifs is 1. The summed E-state index contributed by atoms with van der Waals surface area (Å²) in [5.74, 6) is 0.918. The number of nitrogens with zero attached hydrogens (tertiary/aromatic N) is 1. The number of rotatable bonds is 3. The zero-order valence-electron chi connectivity index (χ0n) is 11.2. The van der Waals surface area contributed by atoms with Gasteiger partial charge in [-0.05, 0) is 30.3 Å². The Labute approximate surface area is 123 Å². The average Bonchev–Trinajstić information content (AvgIpc) is 2.48. The Morgan fingerprint density at radius 1 is 1.29 bits per heavy atom. The molecule has 1 aliphatic rings. The van der Waals surface area contributed by atoms with Gasteiger partial charge in [0.25, 0.3) is 10.0 Å². The molecule has 6 nitrogen and oxygen atoms in total. The number of ether oxygens (including phenoxy) is 1. The summed E-state index contributed by atoms with van der Waals surface area (Å²) in [4.78, 5) is 4.10. The normalized spacial score (nSPS) is 17.7. The summed E-state index contributed by atoms with van der Waals surface area (Å²) >= 11 is 0. The SMILES string of the molecule is NC1CCOc2ccc(S(=O)(=O)Nc3ccccn3)cc21. The number of benzene rings is 1. The van der Waals surface area contributed by atoms with Crippen molar-refractivity contribution in [2.45, 2.75) is 17.4 Å². The highest BCUT2D eigenvalue weighted by Crippen LogP contribution is 2.32. The van der Waals surface area contributed by atoms with Crippen molar-refractivity contribution in [3.63, 3.8) is 0 Å². The number of sulfonamides is 1. The highest BCUT2D eigenvalue weighted by molar-refractivity contribution is 7.92. The van der Waals surface area contributed by atoms with E-state index in [0.29, 0.717) is 24.3 Å². The Morgan fingerprint density at radius 3 is 2.90 bits per heavy atom. The van der Waals surface area contributed by atoms with Crippen molar-refractivity contribution >= 4 is 15.8 Å². The van der Waals surface area contributed by atoms with Crippen LogP contribution in [0.2, 0.25) is 0 Å². The van der Waals surface area contributed by atoms with Crippen LogP contribution in [0.5, 0.6) is 5.75 Å². The van der Waals surface area contributed by atoms with Gasteiger partial charge < -0.3 is 10.5 Å². The van der Waals surface area contributed by atoms with Crippen LogP contribution in [0.25, 0.3) is 0 Å². The molecule has 0 saturated heterocycles. The first-order valence-corrected chi connectivity index (χ1v) is 8.01. The lowest BCUT2D eigenvalue weighted by Gasteiger charge is -2.23. The van der Waals surface area contributed by atoms with Gasteiger partial charge in [-0.2, -0.15) is 0 Å². The summed E-state index contributed by atoms with van der Waals surface area (Å²) in [5.41, 5.74) is 6.72. The van der Waals surface area contributed by atoms with Gasteiger partial charge in [0.05, 0.1) is 11.5 Å². The van der Waals surface area contributed by atoms with Gasteiger partial charge in [0.2, 0.25) is 0 Å². The minimum Gasteiger partial charge on any atom is -0.493 e. The van der Waals surface area contributed by atoms with Gasteiger partial charge >= 0.3 is 0 Å². The molecular weight excluding hydrogens is 290 g/mol. The molecule has 0 bridgehead atoms. The van der Waals surface area contributed by atoms with Crippen LogP contribution in [0.4, 0.5) is 5.82 Å². The number of hydrogen-bond donors (Lipinski definition) is 2. The second-order valence-electron chi connectivity index (χ2n) is 4.76. The van der Waals surface area contributed by atoms with E-state index in [1.807, 2.05) is 0 Å². The minimum atomic E-state index is -3.69. The maximum Gasteiger partial charge on any atom is 0.263 e. The van der Waals surface area contributed by atoms with Gasteiger partial charge in [-0.25, -0.2) is 13.4 Å². The predicted molar refractivity (Wildman–Crippen MR) is 78.5 cm³/mol. The Hall–Kier alpha value is -2.12. The third-order valence-corrected chi connectivity index (χ3v) is 4.63. The molecule has 1 unspecified atom stereocenters. The molecule has 0 amide bonds. The summed E-state index contributed by atoms with van der Waals surface area (Å²) in [5, 5.41) is 0. The maximum atomic E-state index is 12.4. The monoisotopic (exact) mass is 305 g/mol. The Bertz CT molecular complexity index is 747. The van der Waals surface area contributed by atoms with Crippen molar-refractivity contribution in [3.8, 4) is 5.75 Å². The van der Waals surface area contributed by atoms with E-state index in [-0.39, 0.29) is 16.8 Å². The third-order valence-electron chi connectivity index (χ3n) is 3.28. The summed E-state index contributed by atoms with van der Waals surface area (Å²) in [7, 11) is -3.69. The van der Waals surface area contributed by atoms with E-state index in [2.05, 4.69) is 9.71 Å². The van der Waals surface area contributed by atoms with E-state index in [0.717, 1.165) is 0 Å². The lowest BCUT2D eigenvalue weighted by molar-refractivity contribution is 0.268. The first kappa shape index (κ1) is 13.8. The molecular formula is C14H15N3O3S. The number of hydrogen-bond acceptors (Lipinski definition) is 5. The zero-order valence-corrected chi connectivity index (χ0v) is 12.0. The minimum absolute atomic E-state index is 0.146. The van der Waals surface area contributed by atoms with Crippen molar-refractivity contribution < 1.29 is 13.2 Å². The lowest BCUT2D eigenvalue weighted by Crippen LogP contribution is -2.21. The van der Waals surface area contributed by atoms with Gasteiger partial charge in [0, 0.05) is 24.2 Å². The number of anilines is 1. The van der Waals surface area contributed by atoms with Crippen LogP contribution in [-0.4, -0.2) is 20.0 Å². The average molecular weight is 305 g/mol. The number of aromatic nitrogens is 1. The van der Waals surface area contributed by atoms with Gasteiger partial charge in [-0.15, -0.1) is 0 Å². The smallest absolute Gasteiger partial charge is 0.263 e. The third kappa shape index (κ3) is 2.84. The van der Waals surface area contributed by atoms with Gasteiger partial charge in [-0.1, -0.05) is 6.07 Å². The molecule has 2 aromatic rings. The van der Waals surface area contributed by atoms with Gasteiger partial charge in [-0.3, -0.25) is 4.72 Å². The highest BCUT2D eigenvalue weighted by Gasteiger charge is 2.22. The zero-order chi connectivity index (χ0) is 14.9. The topological polar surface area (TPSA) is 94.3 Å². The van der Waals surface area contributed by atoms with E-state index in [9.17, 15) is 8.42 Å².